The van der Waals surface area contributed by atoms with Gasteiger partial charge in [-0.05, 0) is 18.6 Å². The van der Waals surface area contributed by atoms with Gasteiger partial charge in [-0.1, -0.05) is 19.1 Å². The molecule has 0 spiro atoms. The van der Waals surface area contributed by atoms with Crippen LogP contribution in [-0.2, 0) is 10.0 Å². The van der Waals surface area contributed by atoms with Gasteiger partial charge >= 0.3 is 0 Å². The van der Waals surface area contributed by atoms with Gasteiger partial charge in [0.05, 0.1) is 17.6 Å². The zero-order valence-corrected chi connectivity index (χ0v) is 9.79. The number of sulfonamides is 1. The minimum atomic E-state index is -3.25. The summed E-state index contributed by atoms with van der Waals surface area (Å²) in [7, 11) is -3.25. The Bertz CT molecular complexity index is 429. The molecular formula is C10H16N2O2S. The van der Waals surface area contributed by atoms with Gasteiger partial charge in [0.25, 0.3) is 0 Å². The molecule has 1 rings (SSSR count). The Hall–Kier alpha value is -1.23. The van der Waals surface area contributed by atoms with Crippen molar-refractivity contribution in [3.8, 4) is 0 Å². The van der Waals surface area contributed by atoms with Crippen molar-refractivity contribution in [1.82, 2.24) is 0 Å². The third kappa shape index (κ3) is 2.86. The maximum atomic E-state index is 11.5. The van der Waals surface area contributed by atoms with Crippen LogP contribution in [0.15, 0.2) is 24.3 Å². The lowest BCUT2D eigenvalue weighted by Crippen LogP contribution is -2.31. The predicted octanol–water partition coefficient (Wildman–Crippen LogP) is 1.44. The average molecular weight is 228 g/mol. The second-order valence-corrected chi connectivity index (χ2v) is 5.30. The number of nitrogens with zero attached hydrogens (tertiary/aromatic N) is 1. The summed E-state index contributed by atoms with van der Waals surface area (Å²) in [6.07, 6.45) is 1.94. The van der Waals surface area contributed by atoms with E-state index in [1.165, 1.54) is 10.6 Å². The molecule has 4 nitrogen and oxygen atoms in total. The Morgan fingerprint density at radius 3 is 2.40 bits per heavy atom. The van der Waals surface area contributed by atoms with Gasteiger partial charge in [-0.25, -0.2) is 8.42 Å². The second kappa shape index (κ2) is 4.53. The average Bonchev–Trinajstić information content (AvgIpc) is 2.14. The van der Waals surface area contributed by atoms with Crippen molar-refractivity contribution in [2.75, 3.05) is 22.8 Å². The number of rotatable bonds is 4. The molecule has 0 aliphatic carbocycles. The van der Waals surface area contributed by atoms with Crippen LogP contribution in [-0.4, -0.2) is 21.2 Å². The predicted molar refractivity (Wildman–Crippen MR) is 63.3 cm³/mol. The van der Waals surface area contributed by atoms with E-state index in [0.29, 0.717) is 17.9 Å². The normalized spacial score (nSPS) is 11.3. The van der Waals surface area contributed by atoms with Crippen LogP contribution in [0, 0.1) is 0 Å². The molecule has 0 aliphatic rings. The largest absolute Gasteiger partial charge is 0.397 e. The first-order chi connectivity index (χ1) is 6.96. The van der Waals surface area contributed by atoms with Crippen LogP contribution in [0.5, 0.6) is 0 Å². The van der Waals surface area contributed by atoms with E-state index in [1.54, 1.807) is 24.3 Å². The number of nitrogen functional groups attached to an aromatic ring is 1. The van der Waals surface area contributed by atoms with Crippen LogP contribution in [0.2, 0.25) is 0 Å². The van der Waals surface area contributed by atoms with E-state index in [9.17, 15) is 8.42 Å². The van der Waals surface area contributed by atoms with Crippen LogP contribution in [0.3, 0.4) is 0 Å². The third-order valence-corrected chi connectivity index (χ3v) is 3.21. The van der Waals surface area contributed by atoms with Crippen molar-refractivity contribution in [3.63, 3.8) is 0 Å². The second-order valence-electron chi connectivity index (χ2n) is 3.39. The lowest BCUT2D eigenvalue weighted by atomic mass is 10.2. The zero-order valence-electron chi connectivity index (χ0n) is 8.97. The van der Waals surface area contributed by atoms with Crippen LogP contribution in [0.4, 0.5) is 11.4 Å². The van der Waals surface area contributed by atoms with E-state index >= 15 is 0 Å². The van der Waals surface area contributed by atoms with Crippen LogP contribution in [0.25, 0.3) is 0 Å². The summed E-state index contributed by atoms with van der Waals surface area (Å²) in [4.78, 5) is 0. The molecule has 0 atom stereocenters. The van der Waals surface area contributed by atoms with Gasteiger partial charge < -0.3 is 5.73 Å². The summed E-state index contributed by atoms with van der Waals surface area (Å²) in [5.74, 6) is 0. The third-order valence-electron chi connectivity index (χ3n) is 2.03. The maximum absolute atomic E-state index is 11.5. The summed E-state index contributed by atoms with van der Waals surface area (Å²) in [6, 6.07) is 6.97. The van der Waals surface area contributed by atoms with Gasteiger partial charge in [-0.2, -0.15) is 0 Å². The minimum absolute atomic E-state index is 0.451. The quantitative estimate of drug-likeness (QED) is 0.793. The van der Waals surface area contributed by atoms with Gasteiger partial charge in [0.2, 0.25) is 10.0 Å². The molecule has 0 aliphatic heterocycles. The standard InChI is InChI=1S/C10H16N2O2S/c1-3-8-12(15(2,13)14)10-7-5-4-6-9(10)11/h4-7H,3,8,11H2,1-2H3. The molecule has 0 saturated heterocycles. The number of nitrogens with two attached hydrogens (primary N) is 1. The summed E-state index contributed by atoms with van der Waals surface area (Å²) in [5, 5.41) is 0. The molecular weight excluding hydrogens is 212 g/mol. The summed E-state index contributed by atoms with van der Waals surface area (Å²) >= 11 is 0. The number of hydrogen-bond donors (Lipinski definition) is 1. The van der Waals surface area contributed by atoms with Gasteiger partial charge in [0.15, 0.2) is 0 Å². The molecule has 2 N–H and O–H groups in total. The van der Waals surface area contributed by atoms with Crippen LogP contribution < -0.4 is 10.0 Å². The fourth-order valence-electron chi connectivity index (χ4n) is 1.38. The van der Waals surface area contributed by atoms with Crippen molar-refractivity contribution in [3.05, 3.63) is 24.3 Å². The monoisotopic (exact) mass is 228 g/mol. The lowest BCUT2D eigenvalue weighted by molar-refractivity contribution is 0.596. The fourth-order valence-corrected chi connectivity index (χ4v) is 2.42. The Balaban J connectivity index is 3.16. The number of benzene rings is 1. The molecule has 0 bridgehead atoms. The highest BCUT2D eigenvalue weighted by atomic mass is 32.2. The molecule has 0 unspecified atom stereocenters. The molecule has 0 amide bonds. The van der Waals surface area contributed by atoms with Crippen molar-refractivity contribution in [2.45, 2.75) is 13.3 Å². The molecule has 5 heteroatoms. The highest BCUT2D eigenvalue weighted by Gasteiger charge is 2.17. The first-order valence-electron chi connectivity index (χ1n) is 4.79. The summed E-state index contributed by atoms with van der Waals surface area (Å²) in [6.45, 7) is 2.38. The highest BCUT2D eigenvalue weighted by Crippen LogP contribution is 2.24. The Labute approximate surface area is 90.8 Å². The van der Waals surface area contributed by atoms with Gasteiger partial charge in [-0.3, -0.25) is 4.31 Å². The number of hydrogen-bond acceptors (Lipinski definition) is 3. The SMILES string of the molecule is CCCN(c1ccccc1N)S(C)(=O)=O. The molecule has 0 heterocycles. The van der Waals surface area contributed by atoms with Gasteiger partial charge in [-0.15, -0.1) is 0 Å². The zero-order chi connectivity index (χ0) is 11.5. The van der Waals surface area contributed by atoms with E-state index in [0.717, 1.165) is 6.42 Å². The smallest absolute Gasteiger partial charge is 0.232 e. The number of anilines is 2. The van der Waals surface area contributed by atoms with Crippen molar-refractivity contribution in [1.29, 1.82) is 0 Å². The van der Waals surface area contributed by atoms with Gasteiger partial charge in [0, 0.05) is 6.54 Å². The molecule has 0 saturated carbocycles. The maximum Gasteiger partial charge on any atom is 0.232 e. The van der Waals surface area contributed by atoms with Gasteiger partial charge in [0.1, 0.15) is 0 Å². The molecule has 15 heavy (non-hydrogen) atoms. The molecule has 1 aromatic rings. The molecule has 0 radical (unpaired) electrons. The van der Waals surface area contributed by atoms with E-state index < -0.39 is 10.0 Å². The minimum Gasteiger partial charge on any atom is -0.397 e. The number of para-hydroxylation sites is 2. The van der Waals surface area contributed by atoms with Crippen molar-refractivity contribution >= 4 is 21.4 Å². The van der Waals surface area contributed by atoms with E-state index in [-0.39, 0.29) is 0 Å². The van der Waals surface area contributed by atoms with E-state index in [4.69, 9.17) is 5.73 Å². The molecule has 0 fully saturated rings. The molecule has 1 aromatic carbocycles. The lowest BCUT2D eigenvalue weighted by Gasteiger charge is -2.22. The van der Waals surface area contributed by atoms with Crippen molar-refractivity contribution in [2.24, 2.45) is 0 Å². The van der Waals surface area contributed by atoms with E-state index in [1.807, 2.05) is 6.92 Å². The summed E-state index contributed by atoms with van der Waals surface area (Å²) in [5.41, 5.74) is 6.78. The van der Waals surface area contributed by atoms with Crippen molar-refractivity contribution < 1.29 is 8.42 Å². The molecule has 84 valence electrons. The van der Waals surface area contributed by atoms with Crippen LogP contribution >= 0.6 is 0 Å². The van der Waals surface area contributed by atoms with Crippen LogP contribution in [0.1, 0.15) is 13.3 Å². The fraction of sp³-hybridized carbons (Fsp3) is 0.400. The summed E-state index contributed by atoms with van der Waals surface area (Å²) < 4.78 is 24.4. The topological polar surface area (TPSA) is 63.4 Å². The first-order valence-corrected chi connectivity index (χ1v) is 6.64. The molecule has 0 aromatic heterocycles. The Morgan fingerprint density at radius 2 is 1.93 bits per heavy atom. The van der Waals surface area contributed by atoms with E-state index in [2.05, 4.69) is 0 Å². The Morgan fingerprint density at radius 1 is 1.33 bits per heavy atom. The Kier molecular flexibility index (Phi) is 3.57. The first kappa shape index (κ1) is 11.8. The highest BCUT2D eigenvalue weighted by molar-refractivity contribution is 7.92.